The highest BCUT2D eigenvalue weighted by Crippen LogP contribution is 2.18. The first-order valence-electron chi connectivity index (χ1n) is 6.97. The van der Waals surface area contributed by atoms with Crippen LogP contribution in [-0.4, -0.2) is 13.7 Å². The third-order valence-electron chi connectivity index (χ3n) is 3.08. The van der Waals surface area contributed by atoms with Gasteiger partial charge in [-0.15, -0.1) is 0 Å². The molecule has 2 aromatic rings. The third kappa shape index (κ3) is 4.46. The van der Waals surface area contributed by atoms with Gasteiger partial charge in [0.15, 0.2) is 11.6 Å². The van der Waals surface area contributed by atoms with Crippen molar-refractivity contribution < 1.29 is 13.9 Å². The lowest BCUT2D eigenvalue weighted by molar-refractivity contribution is 0.340. The molecule has 2 aromatic carbocycles. The Morgan fingerprint density at radius 2 is 1.81 bits per heavy atom. The summed E-state index contributed by atoms with van der Waals surface area (Å²) in [7, 11) is 1.46. The van der Waals surface area contributed by atoms with E-state index in [1.807, 2.05) is 37.3 Å². The van der Waals surface area contributed by atoms with Gasteiger partial charge < -0.3 is 14.8 Å². The van der Waals surface area contributed by atoms with Gasteiger partial charge in [0.25, 0.3) is 0 Å². The van der Waals surface area contributed by atoms with Gasteiger partial charge in [-0.05, 0) is 42.3 Å². The maximum atomic E-state index is 13.6. The smallest absolute Gasteiger partial charge is 0.165 e. The minimum atomic E-state index is -0.338. The summed E-state index contributed by atoms with van der Waals surface area (Å²) >= 11 is 0. The Bertz CT molecular complexity index is 587. The van der Waals surface area contributed by atoms with Crippen LogP contribution in [0.4, 0.5) is 4.39 Å². The highest BCUT2D eigenvalue weighted by atomic mass is 19.1. The van der Waals surface area contributed by atoms with E-state index in [0.717, 1.165) is 16.9 Å². The Morgan fingerprint density at radius 1 is 1.05 bits per heavy atom. The molecule has 0 aliphatic rings. The number of benzene rings is 2. The predicted molar refractivity (Wildman–Crippen MR) is 81.1 cm³/mol. The normalized spacial score (nSPS) is 10.4. The molecule has 3 nitrogen and oxygen atoms in total. The van der Waals surface area contributed by atoms with Gasteiger partial charge in [0, 0.05) is 13.1 Å². The van der Waals surface area contributed by atoms with Crippen molar-refractivity contribution in [3.63, 3.8) is 0 Å². The van der Waals surface area contributed by atoms with Gasteiger partial charge in [0.05, 0.1) is 13.7 Å². The van der Waals surface area contributed by atoms with Crippen molar-refractivity contribution in [3.8, 4) is 11.5 Å². The van der Waals surface area contributed by atoms with Crippen molar-refractivity contribution in [2.45, 2.75) is 20.0 Å². The maximum absolute atomic E-state index is 13.6. The summed E-state index contributed by atoms with van der Waals surface area (Å²) in [5.41, 5.74) is 2.02. The van der Waals surface area contributed by atoms with Gasteiger partial charge in [-0.3, -0.25) is 0 Å². The number of hydrogen-bond donors (Lipinski definition) is 1. The molecule has 0 saturated carbocycles. The van der Waals surface area contributed by atoms with Crippen molar-refractivity contribution in [1.82, 2.24) is 5.32 Å². The van der Waals surface area contributed by atoms with Crippen LogP contribution in [0.1, 0.15) is 18.1 Å². The van der Waals surface area contributed by atoms with E-state index in [4.69, 9.17) is 9.47 Å². The van der Waals surface area contributed by atoms with Crippen LogP contribution < -0.4 is 14.8 Å². The zero-order valence-electron chi connectivity index (χ0n) is 12.4. The number of rotatable bonds is 7. The number of halogens is 1. The van der Waals surface area contributed by atoms with Gasteiger partial charge in [-0.25, -0.2) is 4.39 Å². The monoisotopic (exact) mass is 289 g/mol. The summed E-state index contributed by atoms with van der Waals surface area (Å²) < 4.78 is 23.9. The van der Waals surface area contributed by atoms with Crippen molar-refractivity contribution in [3.05, 3.63) is 59.4 Å². The lowest BCUT2D eigenvalue weighted by Crippen LogP contribution is -2.13. The van der Waals surface area contributed by atoms with E-state index in [-0.39, 0.29) is 11.6 Å². The summed E-state index contributed by atoms with van der Waals surface area (Å²) in [6.07, 6.45) is 0. The molecule has 0 spiro atoms. The zero-order valence-corrected chi connectivity index (χ0v) is 12.4. The molecule has 112 valence electrons. The molecule has 0 fully saturated rings. The maximum Gasteiger partial charge on any atom is 0.165 e. The SMILES string of the molecule is CCOc1cccc(CNCc2ccc(OC)c(F)c2)c1. The fraction of sp³-hybridized carbons (Fsp3) is 0.294. The largest absolute Gasteiger partial charge is 0.494 e. The first kappa shape index (κ1) is 15.3. The van der Waals surface area contributed by atoms with E-state index >= 15 is 0 Å². The summed E-state index contributed by atoms with van der Waals surface area (Å²) in [4.78, 5) is 0. The first-order valence-corrected chi connectivity index (χ1v) is 6.97. The fourth-order valence-corrected chi connectivity index (χ4v) is 2.08. The Labute approximate surface area is 124 Å². The average molecular weight is 289 g/mol. The lowest BCUT2D eigenvalue weighted by atomic mass is 10.2. The van der Waals surface area contributed by atoms with Crippen LogP contribution in [0, 0.1) is 5.82 Å². The highest BCUT2D eigenvalue weighted by molar-refractivity contribution is 5.30. The Balaban J connectivity index is 1.89. The number of methoxy groups -OCH3 is 1. The van der Waals surface area contributed by atoms with Gasteiger partial charge in [-0.2, -0.15) is 0 Å². The molecule has 1 N–H and O–H groups in total. The van der Waals surface area contributed by atoms with E-state index in [9.17, 15) is 4.39 Å². The summed E-state index contributed by atoms with van der Waals surface area (Å²) in [6.45, 7) is 3.92. The molecule has 0 radical (unpaired) electrons. The van der Waals surface area contributed by atoms with Crippen LogP contribution in [0.15, 0.2) is 42.5 Å². The predicted octanol–water partition coefficient (Wildman–Crippen LogP) is 3.52. The second-order valence-electron chi connectivity index (χ2n) is 4.65. The number of nitrogens with one attached hydrogen (secondary N) is 1. The van der Waals surface area contributed by atoms with Crippen LogP contribution in [0.25, 0.3) is 0 Å². The van der Waals surface area contributed by atoms with E-state index in [2.05, 4.69) is 5.32 Å². The molecular weight excluding hydrogens is 269 g/mol. The van der Waals surface area contributed by atoms with Crippen molar-refractivity contribution in [1.29, 1.82) is 0 Å². The van der Waals surface area contributed by atoms with Crippen LogP contribution in [-0.2, 0) is 13.1 Å². The van der Waals surface area contributed by atoms with Gasteiger partial charge in [0.1, 0.15) is 5.75 Å². The summed E-state index contributed by atoms with van der Waals surface area (Å²) in [5, 5.41) is 3.29. The van der Waals surface area contributed by atoms with Crippen LogP contribution in [0.3, 0.4) is 0 Å². The third-order valence-corrected chi connectivity index (χ3v) is 3.08. The molecule has 0 heterocycles. The highest BCUT2D eigenvalue weighted by Gasteiger charge is 2.03. The van der Waals surface area contributed by atoms with E-state index in [1.165, 1.54) is 13.2 Å². The first-order chi connectivity index (χ1) is 10.2. The van der Waals surface area contributed by atoms with E-state index in [1.54, 1.807) is 6.07 Å². The van der Waals surface area contributed by atoms with Crippen molar-refractivity contribution in [2.75, 3.05) is 13.7 Å². The van der Waals surface area contributed by atoms with Crippen LogP contribution in [0.2, 0.25) is 0 Å². The molecule has 0 unspecified atom stereocenters. The van der Waals surface area contributed by atoms with Gasteiger partial charge >= 0.3 is 0 Å². The molecule has 0 bridgehead atoms. The molecular formula is C17H20FNO2. The number of hydrogen-bond acceptors (Lipinski definition) is 3. The fourth-order valence-electron chi connectivity index (χ4n) is 2.08. The molecule has 0 aliphatic heterocycles. The Hall–Kier alpha value is -2.07. The van der Waals surface area contributed by atoms with E-state index in [0.29, 0.717) is 19.7 Å². The molecule has 0 amide bonds. The minimum absolute atomic E-state index is 0.267. The topological polar surface area (TPSA) is 30.5 Å². The standard InChI is InChI=1S/C17H20FNO2/c1-3-21-15-6-4-5-13(9-15)11-19-12-14-7-8-17(20-2)16(18)10-14/h4-10,19H,3,11-12H2,1-2H3. The second-order valence-corrected chi connectivity index (χ2v) is 4.65. The Kier molecular flexibility index (Phi) is 5.58. The van der Waals surface area contributed by atoms with Crippen molar-refractivity contribution >= 4 is 0 Å². The zero-order chi connectivity index (χ0) is 15.1. The molecule has 4 heteroatoms. The quantitative estimate of drug-likeness (QED) is 0.846. The van der Waals surface area contributed by atoms with Crippen LogP contribution in [0.5, 0.6) is 11.5 Å². The molecule has 21 heavy (non-hydrogen) atoms. The molecule has 0 aliphatic carbocycles. The second kappa shape index (κ2) is 7.64. The molecule has 0 atom stereocenters. The summed E-state index contributed by atoms with van der Waals surface area (Å²) in [6, 6.07) is 12.9. The average Bonchev–Trinajstić information content (AvgIpc) is 2.48. The molecule has 0 saturated heterocycles. The summed E-state index contributed by atoms with van der Waals surface area (Å²) in [5.74, 6) is 0.797. The number of ether oxygens (including phenoxy) is 2. The van der Waals surface area contributed by atoms with Crippen molar-refractivity contribution in [2.24, 2.45) is 0 Å². The van der Waals surface area contributed by atoms with Gasteiger partial charge in [0.2, 0.25) is 0 Å². The Morgan fingerprint density at radius 3 is 2.48 bits per heavy atom. The van der Waals surface area contributed by atoms with Gasteiger partial charge in [-0.1, -0.05) is 18.2 Å². The van der Waals surface area contributed by atoms with E-state index < -0.39 is 0 Å². The minimum Gasteiger partial charge on any atom is -0.494 e. The molecule has 2 rings (SSSR count). The lowest BCUT2D eigenvalue weighted by Gasteiger charge is -2.09. The molecule has 0 aromatic heterocycles. The van der Waals surface area contributed by atoms with Crippen LogP contribution >= 0.6 is 0 Å².